The first kappa shape index (κ1) is 28.9. The van der Waals surface area contributed by atoms with Gasteiger partial charge in [0, 0.05) is 29.2 Å². The maximum atomic E-state index is 13.2. The third-order valence-electron chi connectivity index (χ3n) is 7.72. The van der Waals surface area contributed by atoms with Crippen LogP contribution >= 0.6 is 0 Å². The minimum atomic E-state index is -1.30. The second-order valence-electron chi connectivity index (χ2n) is 11.1. The summed E-state index contributed by atoms with van der Waals surface area (Å²) in [6.07, 6.45) is 4.16. The van der Waals surface area contributed by atoms with Crippen molar-refractivity contribution in [3.8, 4) is 5.75 Å². The van der Waals surface area contributed by atoms with Crippen molar-refractivity contribution in [3.63, 3.8) is 0 Å². The van der Waals surface area contributed by atoms with Crippen LogP contribution in [0.4, 0.5) is 0 Å². The zero-order chi connectivity index (χ0) is 29.0. The number of carboxylic acid groups (broad SMARTS) is 1. The van der Waals surface area contributed by atoms with E-state index in [1.54, 1.807) is 0 Å². The SMILES string of the molecule is CCCCc1ccc([C@H](C)NC(=O)c2ccc3c(Cc4ccc(OC(C)(C)C(=O)O)cc4)c(C)n(C)c3c2)cc1. The van der Waals surface area contributed by atoms with E-state index >= 15 is 0 Å². The van der Waals surface area contributed by atoms with Gasteiger partial charge in [-0.05, 0) is 93.5 Å². The molecular formula is C34H40N2O4. The molecule has 0 spiro atoms. The number of unbranched alkanes of at least 4 members (excludes halogenated alkanes) is 1. The Balaban J connectivity index is 1.49. The van der Waals surface area contributed by atoms with Gasteiger partial charge >= 0.3 is 5.97 Å². The predicted octanol–water partition coefficient (Wildman–Crippen LogP) is 7.15. The van der Waals surface area contributed by atoms with Gasteiger partial charge in [-0.3, -0.25) is 4.79 Å². The molecule has 0 radical (unpaired) electrons. The molecular weight excluding hydrogens is 500 g/mol. The summed E-state index contributed by atoms with van der Waals surface area (Å²) >= 11 is 0. The highest BCUT2D eigenvalue weighted by atomic mass is 16.5. The van der Waals surface area contributed by atoms with Gasteiger partial charge in [-0.2, -0.15) is 0 Å². The second kappa shape index (κ2) is 12.0. The van der Waals surface area contributed by atoms with Crippen LogP contribution in [0.25, 0.3) is 10.9 Å². The maximum Gasteiger partial charge on any atom is 0.347 e. The molecule has 0 aliphatic carbocycles. The standard InChI is InChI=1S/C34H40N2O4/c1-7-8-9-24-10-14-26(15-11-24)22(2)35-32(37)27-16-19-29-30(23(3)36(6)31(29)21-27)20-25-12-17-28(18-13-25)40-34(4,5)33(38)39/h10-19,21-22H,7-9,20H2,1-6H3,(H,35,37)(H,38,39)/t22-/m0/s1. The lowest BCUT2D eigenvalue weighted by Gasteiger charge is -2.21. The predicted molar refractivity (Wildman–Crippen MR) is 160 cm³/mol. The molecule has 1 atom stereocenters. The Morgan fingerprint density at radius 3 is 2.27 bits per heavy atom. The lowest BCUT2D eigenvalue weighted by Crippen LogP contribution is -2.37. The van der Waals surface area contributed by atoms with E-state index in [1.165, 1.54) is 37.8 Å². The monoisotopic (exact) mass is 540 g/mol. The highest BCUT2D eigenvalue weighted by Crippen LogP contribution is 2.29. The van der Waals surface area contributed by atoms with E-state index in [2.05, 4.69) is 48.0 Å². The fourth-order valence-electron chi connectivity index (χ4n) is 4.94. The molecule has 6 heteroatoms. The average Bonchev–Trinajstić information content (AvgIpc) is 3.17. The van der Waals surface area contributed by atoms with Crippen molar-refractivity contribution in [1.82, 2.24) is 9.88 Å². The lowest BCUT2D eigenvalue weighted by atomic mass is 10.0. The van der Waals surface area contributed by atoms with E-state index < -0.39 is 11.6 Å². The molecule has 0 aliphatic heterocycles. The molecule has 0 saturated carbocycles. The number of nitrogens with one attached hydrogen (secondary N) is 1. The quantitative estimate of drug-likeness (QED) is 0.212. The van der Waals surface area contributed by atoms with Crippen LogP contribution in [0.1, 0.15) is 84.9 Å². The molecule has 2 N–H and O–H groups in total. The van der Waals surface area contributed by atoms with Gasteiger partial charge in [-0.25, -0.2) is 4.79 Å². The molecule has 40 heavy (non-hydrogen) atoms. The number of ether oxygens (including phenoxy) is 1. The molecule has 0 saturated heterocycles. The summed E-state index contributed by atoms with van der Waals surface area (Å²) in [6, 6.07) is 21.9. The Kier molecular flexibility index (Phi) is 8.67. The number of aryl methyl sites for hydroxylation is 2. The Morgan fingerprint density at radius 1 is 1.00 bits per heavy atom. The molecule has 0 bridgehead atoms. The number of benzene rings is 3. The first-order chi connectivity index (χ1) is 19.0. The summed E-state index contributed by atoms with van der Waals surface area (Å²) in [7, 11) is 2.02. The average molecular weight is 541 g/mol. The topological polar surface area (TPSA) is 80.6 Å². The van der Waals surface area contributed by atoms with Crippen molar-refractivity contribution in [1.29, 1.82) is 0 Å². The highest BCUT2D eigenvalue weighted by molar-refractivity contribution is 5.99. The van der Waals surface area contributed by atoms with Gasteiger partial charge in [0.1, 0.15) is 5.75 Å². The summed E-state index contributed by atoms with van der Waals surface area (Å²) in [4.78, 5) is 24.5. The third-order valence-corrected chi connectivity index (χ3v) is 7.72. The van der Waals surface area contributed by atoms with Gasteiger partial charge in [-0.15, -0.1) is 0 Å². The number of rotatable bonds is 11. The summed E-state index contributed by atoms with van der Waals surface area (Å²) in [5, 5.41) is 13.6. The van der Waals surface area contributed by atoms with Crippen LogP contribution in [-0.4, -0.2) is 27.2 Å². The third kappa shape index (κ3) is 6.39. The Morgan fingerprint density at radius 2 is 1.65 bits per heavy atom. The van der Waals surface area contributed by atoms with Crippen LogP contribution in [0.2, 0.25) is 0 Å². The molecule has 4 rings (SSSR count). The summed E-state index contributed by atoms with van der Waals surface area (Å²) in [6.45, 7) is 9.37. The highest BCUT2D eigenvalue weighted by Gasteiger charge is 2.29. The number of carboxylic acids is 1. The Hall–Kier alpha value is -4.06. The fraction of sp³-hybridized carbons (Fsp3) is 0.353. The number of amides is 1. The van der Waals surface area contributed by atoms with Gasteiger partial charge in [0.25, 0.3) is 5.91 Å². The molecule has 1 aromatic heterocycles. The van der Waals surface area contributed by atoms with Crippen LogP contribution in [0.5, 0.6) is 5.75 Å². The lowest BCUT2D eigenvalue weighted by molar-refractivity contribution is -0.152. The molecule has 0 aliphatic rings. The van der Waals surface area contributed by atoms with E-state index in [1.807, 2.05) is 56.4 Å². The van der Waals surface area contributed by atoms with E-state index in [9.17, 15) is 14.7 Å². The number of hydrogen-bond donors (Lipinski definition) is 2. The number of aromatic nitrogens is 1. The van der Waals surface area contributed by atoms with E-state index in [0.717, 1.165) is 34.1 Å². The van der Waals surface area contributed by atoms with E-state index in [4.69, 9.17) is 4.74 Å². The molecule has 210 valence electrons. The van der Waals surface area contributed by atoms with E-state index in [0.29, 0.717) is 17.7 Å². The number of aliphatic carboxylic acids is 1. The smallest absolute Gasteiger partial charge is 0.347 e. The molecule has 1 amide bonds. The van der Waals surface area contributed by atoms with Crippen molar-refractivity contribution in [2.24, 2.45) is 7.05 Å². The number of hydrogen-bond acceptors (Lipinski definition) is 3. The van der Waals surface area contributed by atoms with Gasteiger partial charge in [0.05, 0.1) is 6.04 Å². The molecule has 0 unspecified atom stereocenters. The summed E-state index contributed by atoms with van der Waals surface area (Å²) < 4.78 is 7.77. The van der Waals surface area contributed by atoms with Crippen molar-refractivity contribution in [2.75, 3.05) is 0 Å². The first-order valence-corrected chi connectivity index (χ1v) is 14.0. The Labute approximate surface area is 237 Å². The summed E-state index contributed by atoms with van der Waals surface area (Å²) in [5.41, 5.74) is 6.19. The maximum absolute atomic E-state index is 13.2. The number of fused-ring (bicyclic) bond motifs is 1. The van der Waals surface area contributed by atoms with Gasteiger partial charge in [0.2, 0.25) is 0 Å². The minimum absolute atomic E-state index is 0.0928. The van der Waals surface area contributed by atoms with Crippen molar-refractivity contribution in [3.05, 3.63) is 100 Å². The molecule has 0 fully saturated rings. The molecule has 3 aromatic carbocycles. The molecule has 1 heterocycles. The Bertz CT molecular complexity index is 1500. The molecule has 4 aromatic rings. The van der Waals surface area contributed by atoms with Crippen molar-refractivity contribution in [2.45, 2.75) is 71.9 Å². The normalized spacial score (nSPS) is 12.3. The van der Waals surface area contributed by atoms with Gasteiger partial charge in [-0.1, -0.05) is 55.8 Å². The van der Waals surface area contributed by atoms with Crippen LogP contribution < -0.4 is 10.1 Å². The number of carbonyl (C=O) groups is 2. The number of carbonyl (C=O) groups excluding carboxylic acids is 1. The van der Waals surface area contributed by atoms with Crippen molar-refractivity contribution < 1.29 is 19.4 Å². The second-order valence-corrected chi connectivity index (χ2v) is 11.1. The fourth-order valence-corrected chi connectivity index (χ4v) is 4.94. The van der Waals surface area contributed by atoms with Gasteiger partial charge < -0.3 is 19.7 Å². The first-order valence-electron chi connectivity index (χ1n) is 14.0. The van der Waals surface area contributed by atoms with Crippen molar-refractivity contribution >= 4 is 22.8 Å². The minimum Gasteiger partial charge on any atom is -0.478 e. The zero-order valence-electron chi connectivity index (χ0n) is 24.4. The van der Waals surface area contributed by atoms with Crippen LogP contribution in [-0.2, 0) is 24.7 Å². The van der Waals surface area contributed by atoms with Gasteiger partial charge in [0.15, 0.2) is 5.60 Å². The van der Waals surface area contributed by atoms with Crippen LogP contribution in [0.3, 0.4) is 0 Å². The largest absolute Gasteiger partial charge is 0.478 e. The summed E-state index contributed by atoms with van der Waals surface area (Å²) in [5.74, 6) is -0.588. The zero-order valence-corrected chi connectivity index (χ0v) is 24.4. The van der Waals surface area contributed by atoms with Crippen LogP contribution in [0, 0.1) is 6.92 Å². The van der Waals surface area contributed by atoms with Crippen LogP contribution in [0.15, 0.2) is 66.7 Å². The van der Waals surface area contributed by atoms with E-state index in [-0.39, 0.29) is 11.9 Å². The number of nitrogens with zero attached hydrogens (tertiary/aromatic N) is 1. The molecule has 6 nitrogen and oxygen atoms in total.